The van der Waals surface area contributed by atoms with Crippen molar-refractivity contribution in [1.29, 1.82) is 0 Å². The molecule has 3 aromatic rings. The summed E-state index contributed by atoms with van der Waals surface area (Å²) in [4.78, 5) is 12.1. The molecule has 0 saturated heterocycles. The predicted octanol–water partition coefficient (Wildman–Crippen LogP) is 2.82. The summed E-state index contributed by atoms with van der Waals surface area (Å²) in [5.41, 5.74) is 1.07. The van der Waals surface area contributed by atoms with Crippen LogP contribution in [0.25, 0.3) is 0 Å². The van der Waals surface area contributed by atoms with E-state index in [9.17, 15) is 9.18 Å². The van der Waals surface area contributed by atoms with Gasteiger partial charge in [0.1, 0.15) is 19.0 Å². The molecule has 0 bridgehead atoms. The van der Waals surface area contributed by atoms with E-state index >= 15 is 0 Å². The molecule has 0 unspecified atom stereocenters. The van der Waals surface area contributed by atoms with Crippen LogP contribution in [0, 0.1) is 5.82 Å². The van der Waals surface area contributed by atoms with Crippen LogP contribution in [0.1, 0.15) is 21.8 Å². The quantitative estimate of drug-likeness (QED) is 0.774. The molecule has 0 aliphatic carbocycles. The number of ether oxygens (including phenoxy) is 2. The van der Waals surface area contributed by atoms with Crippen LogP contribution in [0.2, 0.25) is 0 Å². The number of amides is 1. The minimum atomic E-state index is -0.529. The first-order valence-corrected chi connectivity index (χ1v) is 7.95. The lowest BCUT2D eigenvalue weighted by Crippen LogP contribution is -2.15. The number of nitrogens with zero attached hydrogens (tertiary/aromatic N) is 2. The molecule has 1 aliphatic heterocycles. The van der Waals surface area contributed by atoms with E-state index < -0.39 is 11.7 Å². The molecule has 1 aliphatic rings. The molecule has 0 atom stereocenters. The Labute approximate surface area is 147 Å². The molecule has 26 heavy (non-hydrogen) atoms. The Morgan fingerprint density at radius 3 is 2.77 bits per heavy atom. The van der Waals surface area contributed by atoms with E-state index in [-0.39, 0.29) is 11.6 Å². The second-order valence-corrected chi connectivity index (χ2v) is 5.62. The predicted molar refractivity (Wildman–Crippen MR) is 88.9 cm³/mol. The first kappa shape index (κ1) is 16.1. The molecule has 0 fully saturated rings. The number of rotatable bonds is 4. The lowest BCUT2D eigenvalue weighted by molar-refractivity contribution is 0.102. The number of halogens is 1. The van der Waals surface area contributed by atoms with E-state index in [2.05, 4.69) is 15.5 Å². The zero-order chi connectivity index (χ0) is 17.9. The Morgan fingerprint density at radius 1 is 1.08 bits per heavy atom. The minimum absolute atomic E-state index is 0.0493. The Kier molecular flexibility index (Phi) is 4.22. The number of fused-ring (bicyclic) bond motifs is 1. The third-order valence-electron chi connectivity index (χ3n) is 3.74. The van der Waals surface area contributed by atoms with Gasteiger partial charge in [0.2, 0.25) is 5.89 Å². The monoisotopic (exact) mass is 355 g/mol. The van der Waals surface area contributed by atoms with E-state index in [1.54, 1.807) is 0 Å². The standard InChI is InChI=1S/C18H14FN3O4/c19-13-3-1-2-12(10-13)17(23)20-18-22-21-16(26-18)9-11-4-5-14-15(8-11)25-7-6-24-14/h1-5,8,10H,6-7,9H2,(H,20,22,23). The number of nitrogens with one attached hydrogen (secondary N) is 1. The van der Waals surface area contributed by atoms with Gasteiger partial charge in [0.05, 0.1) is 6.42 Å². The van der Waals surface area contributed by atoms with Crippen molar-refractivity contribution in [3.05, 3.63) is 65.3 Å². The van der Waals surface area contributed by atoms with Gasteiger partial charge < -0.3 is 13.9 Å². The molecule has 1 aromatic heterocycles. The summed E-state index contributed by atoms with van der Waals surface area (Å²) in [5.74, 6) is 0.680. The van der Waals surface area contributed by atoms with Crippen molar-refractivity contribution >= 4 is 11.9 Å². The van der Waals surface area contributed by atoms with Crippen LogP contribution in [0.5, 0.6) is 11.5 Å². The number of anilines is 1. The van der Waals surface area contributed by atoms with Gasteiger partial charge in [0.25, 0.3) is 5.91 Å². The van der Waals surface area contributed by atoms with Gasteiger partial charge in [-0.1, -0.05) is 17.2 Å². The van der Waals surface area contributed by atoms with Crippen LogP contribution < -0.4 is 14.8 Å². The molecule has 1 amide bonds. The maximum Gasteiger partial charge on any atom is 0.322 e. The summed E-state index contributed by atoms with van der Waals surface area (Å²) in [6, 6.07) is 10.8. The number of benzene rings is 2. The Morgan fingerprint density at radius 2 is 1.92 bits per heavy atom. The minimum Gasteiger partial charge on any atom is -0.486 e. The molecule has 4 rings (SSSR count). The lowest BCUT2D eigenvalue weighted by atomic mass is 10.1. The van der Waals surface area contributed by atoms with Crippen LogP contribution in [0.15, 0.2) is 46.9 Å². The number of carbonyl (C=O) groups is 1. The Balaban J connectivity index is 1.44. The summed E-state index contributed by atoms with van der Waals surface area (Å²) >= 11 is 0. The summed E-state index contributed by atoms with van der Waals surface area (Å²) < 4.78 is 29.6. The normalized spacial score (nSPS) is 12.7. The zero-order valence-electron chi connectivity index (χ0n) is 13.6. The highest BCUT2D eigenvalue weighted by Crippen LogP contribution is 2.31. The van der Waals surface area contributed by atoms with Gasteiger partial charge in [-0.05, 0) is 35.9 Å². The molecular formula is C18H14FN3O4. The molecule has 2 aromatic carbocycles. The average Bonchev–Trinajstić information content (AvgIpc) is 3.08. The average molecular weight is 355 g/mol. The maximum absolute atomic E-state index is 13.2. The summed E-state index contributed by atoms with van der Waals surface area (Å²) in [6.45, 7) is 1.04. The van der Waals surface area contributed by atoms with Gasteiger partial charge in [0.15, 0.2) is 11.5 Å². The number of hydrogen-bond donors (Lipinski definition) is 1. The van der Waals surface area contributed by atoms with Crippen molar-refractivity contribution < 1.29 is 23.1 Å². The van der Waals surface area contributed by atoms with Crippen molar-refractivity contribution in [1.82, 2.24) is 10.2 Å². The fourth-order valence-corrected chi connectivity index (χ4v) is 2.55. The second kappa shape index (κ2) is 6.83. The molecule has 0 spiro atoms. The first-order valence-electron chi connectivity index (χ1n) is 7.95. The third-order valence-corrected chi connectivity index (χ3v) is 3.74. The maximum atomic E-state index is 13.2. The highest BCUT2D eigenvalue weighted by molar-refractivity contribution is 6.03. The van der Waals surface area contributed by atoms with Gasteiger partial charge >= 0.3 is 6.01 Å². The lowest BCUT2D eigenvalue weighted by Gasteiger charge is -2.18. The van der Waals surface area contributed by atoms with Crippen LogP contribution in [0.4, 0.5) is 10.4 Å². The van der Waals surface area contributed by atoms with Gasteiger partial charge in [-0.25, -0.2) is 4.39 Å². The molecule has 8 heteroatoms. The summed E-state index contributed by atoms with van der Waals surface area (Å²) in [5, 5.41) is 10.2. The first-order chi connectivity index (χ1) is 12.7. The van der Waals surface area contributed by atoms with Crippen LogP contribution in [-0.2, 0) is 6.42 Å². The van der Waals surface area contributed by atoms with Gasteiger partial charge in [-0.15, -0.1) is 5.10 Å². The molecule has 0 radical (unpaired) electrons. The molecule has 7 nitrogen and oxygen atoms in total. The van der Waals surface area contributed by atoms with E-state index in [0.29, 0.717) is 37.0 Å². The van der Waals surface area contributed by atoms with E-state index in [1.165, 1.54) is 18.2 Å². The molecule has 132 valence electrons. The smallest absolute Gasteiger partial charge is 0.322 e. The van der Waals surface area contributed by atoms with Crippen molar-refractivity contribution in [2.75, 3.05) is 18.5 Å². The highest BCUT2D eigenvalue weighted by atomic mass is 19.1. The van der Waals surface area contributed by atoms with Crippen molar-refractivity contribution in [3.8, 4) is 11.5 Å². The SMILES string of the molecule is O=C(Nc1nnc(Cc2ccc3c(c2)OCCO3)o1)c1cccc(F)c1. The Hall–Kier alpha value is -3.42. The number of aromatic nitrogens is 2. The van der Waals surface area contributed by atoms with Crippen LogP contribution in [-0.4, -0.2) is 29.3 Å². The van der Waals surface area contributed by atoms with Crippen molar-refractivity contribution in [2.24, 2.45) is 0 Å². The summed E-state index contributed by atoms with van der Waals surface area (Å²) in [6.07, 6.45) is 0.374. The van der Waals surface area contributed by atoms with E-state index in [4.69, 9.17) is 13.9 Å². The van der Waals surface area contributed by atoms with E-state index in [1.807, 2.05) is 18.2 Å². The highest BCUT2D eigenvalue weighted by Gasteiger charge is 2.15. The third kappa shape index (κ3) is 3.49. The van der Waals surface area contributed by atoms with Gasteiger partial charge in [-0.2, -0.15) is 0 Å². The fourth-order valence-electron chi connectivity index (χ4n) is 2.55. The zero-order valence-corrected chi connectivity index (χ0v) is 13.6. The number of hydrogen-bond acceptors (Lipinski definition) is 6. The molecule has 1 N–H and O–H groups in total. The largest absolute Gasteiger partial charge is 0.486 e. The molecule has 0 saturated carbocycles. The van der Waals surface area contributed by atoms with E-state index in [0.717, 1.165) is 11.6 Å². The van der Waals surface area contributed by atoms with Crippen LogP contribution in [0.3, 0.4) is 0 Å². The molecular weight excluding hydrogens is 341 g/mol. The van der Waals surface area contributed by atoms with Crippen molar-refractivity contribution in [3.63, 3.8) is 0 Å². The second-order valence-electron chi connectivity index (χ2n) is 5.62. The Bertz CT molecular complexity index is 957. The van der Waals surface area contributed by atoms with Gasteiger partial charge in [0, 0.05) is 5.56 Å². The molecule has 2 heterocycles. The topological polar surface area (TPSA) is 86.5 Å². The van der Waals surface area contributed by atoms with Gasteiger partial charge in [-0.3, -0.25) is 10.1 Å². The number of carbonyl (C=O) groups excluding carboxylic acids is 1. The van der Waals surface area contributed by atoms with Crippen LogP contribution >= 0.6 is 0 Å². The summed E-state index contributed by atoms with van der Waals surface area (Å²) in [7, 11) is 0. The van der Waals surface area contributed by atoms with Crippen molar-refractivity contribution in [2.45, 2.75) is 6.42 Å². The fraction of sp³-hybridized carbons (Fsp3) is 0.167.